The fraction of sp³-hybridized carbons (Fsp3) is 0.591. The Morgan fingerprint density at radius 3 is 1.74 bits per heavy atom. The number of carbonyl (C=O) groups is 1. The van der Waals surface area contributed by atoms with Gasteiger partial charge in [-0.1, -0.05) is 65.8 Å². The van der Waals surface area contributed by atoms with Gasteiger partial charge in [-0.25, -0.2) is 0 Å². The van der Waals surface area contributed by atoms with Crippen LogP contribution in [0, 0.1) is 0 Å². The molecule has 5 heteroatoms. The molecule has 1 unspecified atom stereocenters. The average Bonchev–Trinajstić information content (AvgIpc) is 2.49. The highest BCUT2D eigenvalue weighted by atomic mass is 31.2. The molecule has 1 aromatic carbocycles. The summed E-state index contributed by atoms with van der Waals surface area (Å²) in [5, 5.41) is 0. The summed E-state index contributed by atoms with van der Waals surface area (Å²) in [4.78, 5) is 12.6. The van der Waals surface area contributed by atoms with E-state index in [4.69, 9.17) is 9.05 Å². The van der Waals surface area contributed by atoms with E-state index in [-0.39, 0.29) is 16.6 Å². The van der Waals surface area contributed by atoms with Crippen molar-refractivity contribution in [1.82, 2.24) is 0 Å². The maximum absolute atomic E-state index is 12.6. The first-order chi connectivity index (χ1) is 12.0. The van der Waals surface area contributed by atoms with E-state index in [1.54, 1.807) is 19.9 Å². The van der Waals surface area contributed by atoms with Crippen molar-refractivity contribution in [3.63, 3.8) is 0 Å². The number of hydrogen-bond donors (Lipinski definition) is 0. The molecule has 0 aromatic heterocycles. The van der Waals surface area contributed by atoms with Crippen molar-refractivity contribution in [2.24, 2.45) is 0 Å². The lowest BCUT2D eigenvalue weighted by atomic mass is 9.79. The number of hydrogen-bond acceptors (Lipinski definition) is 4. The lowest BCUT2D eigenvalue weighted by Crippen LogP contribution is -2.32. The van der Waals surface area contributed by atoms with E-state index in [2.05, 4.69) is 59.7 Å². The third kappa shape index (κ3) is 7.03. The van der Waals surface area contributed by atoms with Crippen LogP contribution in [0.5, 0.6) is 0 Å². The zero-order valence-corrected chi connectivity index (χ0v) is 19.4. The van der Waals surface area contributed by atoms with Crippen molar-refractivity contribution in [1.29, 1.82) is 0 Å². The molecule has 1 rings (SSSR count). The highest BCUT2D eigenvalue weighted by Gasteiger charge is 2.33. The summed E-state index contributed by atoms with van der Waals surface area (Å²) < 4.78 is 22.3. The van der Waals surface area contributed by atoms with Crippen LogP contribution in [0.25, 0.3) is 6.08 Å². The van der Waals surface area contributed by atoms with Crippen LogP contribution in [0.1, 0.15) is 72.1 Å². The number of carbonyl (C=O) groups excluding carboxylic acids is 1. The van der Waals surface area contributed by atoms with Gasteiger partial charge in [0, 0.05) is 13.8 Å². The monoisotopic (exact) mass is 394 g/mol. The molecule has 152 valence electrons. The van der Waals surface area contributed by atoms with Gasteiger partial charge in [0.05, 0.1) is 0 Å². The van der Waals surface area contributed by atoms with E-state index < -0.39 is 13.2 Å². The zero-order valence-electron chi connectivity index (χ0n) is 18.5. The molecule has 0 heterocycles. The quantitative estimate of drug-likeness (QED) is 0.430. The molecule has 27 heavy (non-hydrogen) atoms. The van der Waals surface area contributed by atoms with Gasteiger partial charge < -0.3 is 4.52 Å². The predicted molar refractivity (Wildman–Crippen MR) is 114 cm³/mol. The Balaban J connectivity index is 3.23. The van der Waals surface area contributed by atoms with Crippen LogP contribution >= 0.6 is 7.60 Å². The van der Waals surface area contributed by atoms with Crippen LogP contribution in [-0.4, -0.2) is 25.2 Å². The van der Waals surface area contributed by atoms with Crippen LogP contribution in [0.15, 0.2) is 24.3 Å². The minimum absolute atomic E-state index is 0.00353. The molecule has 0 aliphatic carbocycles. The van der Waals surface area contributed by atoms with Gasteiger partial charge in [0.1, 0.15) is 5.60 Å². The summed E-state index contributed by atoms with van der Waals surface area (Å²) >= 11 is 0. The third-order valence-electron chi connectivity index (χ3n) is 4.43. The molecule has 0 spiro atoms. The lowest BCUT2D eigenvalue weighted by Gasteiger charge is -2.26. The minimum atomic E-state index is -3.26. The smallest absolute Gasteiger partial charge is 0.312 e. The Kier molecular flexibility index (Phi) is 7.08. The summed E-state index contributed by atoms with van der Waals surface area (Å²) in [6.07, 6.45) is 3.29. The summed E-state index contributed by atoms with van der Waals surface area (Å²) in [5.41, 5.74) is 2.17. The molecule has 0 amide bonds. The van der Waals surface area contributed by atoms with E-state index >= 15 is 0 Å². The van der Waals surface area contributed by atoms with Crippen LogP contribution in [-0.2, 0) is 29.2 Å². The van der Waals surface area contributed by atoms with E-state index in [1.807, 2.05) is 0 Å². The average molecular weight is 394 g/mol. The normalized spacial score (nSPS) is 15.8. The van der Waals surface area contributed by atoms with Gasteiger partial charge >= 0.3 is 7.60 Å². The molecule has 0 saturated carbocycles. The molecule has 0 fully saturated rings. The third-order valence-corrected chi connectivity index (χ3v) is 5.88. The fourth-order valence-corrected chi connectivity index (χ4v) is 3.48. The second-order valence-electron chi connectivity index (χ2n) is 9.60. The summed E-state index contributed by atoms with van der Waals surface area (Å²) in [5.74, 6) is -0.264. The second kappa shape index (κ2) is 8.03. The summed E-state index contributed by atoms with van der Waals surface area (Å²) in [6, 6.07) is 6.44. The van der Waals surface area contributed by atoms with Crippen molar-refractivity contribution in [2.75, 3.05) is 13.8 Å². The highest BCUT2D eigenvalue weighted by molar-refractivity contribution is 7.53. The van der Waals surface area contributed by atoms with Crippen molar-refractivity contribution in [3.8, 4) is 0 Å². The molecule has 0 bridgehead atoms. The first-order valence-corrected chi connectivity index (χ1v) is 11.2. The predicted octanol–water partition coefficient (Wildman–Crippen LogP) is 6.13. The van der Waals surface area contributed by atoms with Gasteiger partial charge in [0.2, 0.25) is 0 Å². The SMILES string of the molecule is COP(C)(=O)OC(C)(C)C(=O)C=Cc1cc(C(C)(C)C)cc(C(C)(C)C)c1. The Morgan fingerprint density at radius 1 is 0.926 bits per heavy atom. The van der Waals surface area contributed by atoms with Crippen molar-refractivity contribution in [2.45, 2.75) is 71.8 Å². The molecule has 0 saturated heterocycles. The van der Waals surface area contributed by atoms with Gasteiger partial charge in [0.25, 0.3) is 0 Å². The van der Waals surface area contributed by atoms with Crippen LogP contribution in [0.3, 0.4) is 0 Å². The zero-order chi connectivity index (χ0) is 21.3. The molecule has 0 aliphatic rings. The molecule has 1 atom stereocenters. The van der Waals surface area contributed by atoms with Crippen LogP contribution in [0.2, 0.25) is 0 Å². The molecular weight excluding hydrogens is 359 g/mol. The molecule has 1 aromatic rings. The second-order valence-corrected chi connectivity index (χ2v) is 11.7. The van der Waals surface area contributed by atoms with Gasteiger partial charge in [-0.15, -0.1) is 0 Å². The maximum atomic E-state index is 12.6. The van der Waals surface area contributed by atoms with Crippen LogP contribution in [0.4, 0.5) is 0 Å². The Hall–Kier alpha value is -1.22. The first-order valence-electron chi connectivity index (χ1n) is 9.20. The number of ketones is 1. The first kappa shape index (κ1) is 23.8. The Labute approximate surface area is 164 Å². The van der Waals surface area contributed by atoms with Crippen molar-refractivity contribution >= 4 is 19.5 Å². The summed E-state index contributed by atoms with van der Waals surface area (Å²) in [7, 11) is -1.95. The van der Waals surface area contributed by atoms with E-state index in [0.717, 1.165) is 5.56 Å². The number of rotatable bonds is 6. The van der Waals surface area contributed by atoms with E-state index in [9.17, 15) is 9.36 Å². The molecule has 4 nitrogen and oxygen atoms in total. The van der Waals surface area contributed by atoms with Crippen molar-refractivity contribution in [3.05, 3.63) is 41.0 Å². The molecule has 0 radical (unpaired) electrons. The van der Waals surface area contributed by atoms with Gasteiger partial charge in [-0.05, 0) is 47.4 Å². The van der Waals surface area contributed by atoms with Gasteiger partial charge in [-0.3, -0.25) is 13.9 Å². The minimum Gasteiger partial charge on any atom is -0.312 e. The van der Waals surface area contributed by atoms with E-state index in [1.165, 1.54) is 31.0 Å². The largest absolute Gasteiger partial charge is 0.328 e. The molecule has 0 N–H and O–H groups in total. The standard InChI is InChI=1S/C22H35O4P/c1-20(2,3)17-13-16(14-18(15-17)21(4,5)6)11-12-19(23)22(7,8)26-27(10,24)25-9/h11-15H,1-10H3. The Bertz CT molecular complexity index is 729. The fourth-order valence-electron chi connectivity index (χ4n) is 2.48. The van der Waals surface area contributed by atoms with Crippen molar-refractivity contribution < 1.29 is 18.4 Å². The maximum Gasteiger partial charge on any atom is 0.328 e. The Morgan fingerprint density at radius 2 is 1.37 bits per heavy atom. The summed E-state index contributed by atoms with van der Waals surface area (Å²) in [6.45, 7) is 17.6. The molecule has 0 aliphatic heterocycles. The van der Waals surface area contributed by atoms with Gasteiger partial charge in [-0.2, -0.15) is 0 Å². The topological polar surface area (TPSA) is 52.6 Å². The van der Waals surface area contributed by atoms with Crippen LogP contribution < -0.4 is 0 Å². The number of benzene rings is 1. The molecular formula is C22H35O4P. The van der Waals surface area contributed by atoms with E-state index in [0.29, 0.717) is 0 Å². The lowest BCUT2D eigenvalue weighted by molar-refractivity contribution is -0.127. The van der Waals surface area contributed by atoms with Gasteiger partial charge in [0.15, 0.2) is 5.78 Å². The highest BCUT2D eigenvalue weighted by Crippen LogP contribution is 2.47.